The minimum atomic E-state index is -0.289. The molecule has 0 radical (unpaired) electrons. The molecule has 0 aliphatic rings. The summed E-state index contributed by atoms with van der Waals surface area (Å²) in [7, 11) is 3.12. The summed E-state index contributed by atoms with van der Waals surface area (Å²) in [5.74, 6) is 0.917. The number of aromatic nitrogens is 2. The normalized spacial score (nSPS) is 10.6. The quantitative estimate of drug-likeness (QED) is 0.648. The van der Waals surface area contributed by atoms with Crippen LogP contribution in [0.5, 0.6) is 11.5 Å². The molecule has 7 nitrogen and oxygen atoms in total. The number of rotatable bonds is 6. The van der Waals surface area contributed by atoms with Gasteiger partial charge in [0.25, 0.3) is 5.56 Å². The lowest BCUT2D eigenvalue weighted by molar-refractivity contribution is -0.121. The summed E-state index contributed by atoms with van der Waals surface area (Å²) in [5.41, 5.74) is 1.18. The van der Waals surface area contributed by atoms with E-state index in [1.807, 2.05) is 12.1 Å². The maximum Gasteiger partial charge on any atom is 0.261 e. The van der Waals surface area contributed by atoms with Crippen molar-refractivity contribution in [3.63, 3.8) is 0 Å². The largest absolute Gasteiger partial charge is 0.493 e. The van der Waals surface area contributed by atoms with Crippen LogP contribution in [0.15, 0.2) is 52.0 Å². The number of halogens is 1. The summed E-state index contributed by atoms with van der Waals surface area (Å²) >= 11 is 3.34. The van der Waals surface area contributed by atoms with Crippen molar-refractivity contribution in [1.29, 1.82) is 0 Å². The predicted molar refractivity (Wildman–Crippen MR) is 105 cm³/mol. The summed E-state index contributed by atoms with van der Waals surface area (Å²) in [4.78, 5) is 29.0. The van der Waals surface area contributed by atoms with Gasteiger partial charge in [-0.15, -0.1) is 0 Å². The number of ether oxygens (including phenoxy) is 2. The van der Waals surface area contributed by atoms with E-state index in [-0.39, 0.29) is 18.0 Å². The molecule has 0 bridgehead atoms. The maximum absolute atomic E-state index is 12.5. The highest BCUT2D eigenvalue weighted by atomic mass is 79.9. The van der Waals surface area contributed by atoms with Crippen molar-refractivity contribution < 1.29 is 14.3 Å². The van der Waals surface area contributed by atoms with Gasteiger partial charge in [0.1, 0.15) is 6.54 Å². The number of benzene rings is 2. The zero-order chi connectivity index (χ0) is 19.4. The Labute approximate surface area is 164 Å². The van der Waals surface area contributed by atoms with Gasteiger partial charge in [0, 0.05) is 11.0 Å². The van der Waals surface area contributed by atoms with Gasteiger partial charge in [-0.2, -0.15) is 0 Å². The maximum atomic E-state index is 12.5. The zero-order valence-corrected chi connectivity index (χ0v) is 16.4. The summed E-state index contributed by atoms with van der Waals surface area (Å²) in [6, 6.07) is 10.7. The summed E-state index contributed by atoms with van der Waals surface area (Å²) in [6.07, 6.45) is 1.38. The second kappa shape index (κ2) is 8.22. The third kappa shape index (κ3) is 4.28. The van der Waals surface area contributed by atoms with Gasteiger partial charge < -0.3 is 14.8 Å². The van der Waals surface area contributed by atoms with Crippen LogP contribution in [0.1, 0.15) is 5.56 Å². The Balaban J connectivity index is 1.70. The van der Waals surface area contributed by atoms with Gasteiger partial charge in [-0.25, -0.2) is 4.98 Å². The molecular formula is C19H18BrN3O4. The van der Waals surface area contributed by atoms with Crippen LogP contribution in [0, 0.1) is 0 Å². The van der Waals surface area contributed by atoms with Crippen molar-refractivity contribution in [1.82, 2.24) is 14.9 Å². The van der Waals surface area contributed by atoms with Gasteiger partial charge in [0.2, 0.25) is 5.91 Å². The van der Waals surface area contributed by atoms with Crippen LogP contribution in [-0.2, 0) is 17.9 Å². The Bertz CT molecular complexity index is 1050. The lowest BCUT2D eigenvalue weighted by Crippen LogP contribution is -2.32. The minimum Gasteiger partial charge on any atom is -0.493 e. The smallest absolute Gasteiger partial charge is 0.261 e. The van der Waals surface area contributed by atoms with Crippen LogP contribution in [0.3, 0.4) is 0 Å². The fourth-order valence-corrected chi connectivity index (χ4v) is 3.01. The van der Waals surface area contributed by atoms with E-state index < -0.39 is 0 Å². The molecule has 0 unspecified atom stereocenters. The van der Waals surface area contributed by atoms with Gasteiger partial charge in [-0.1, -0.05) is 22.0 Å². The molecule has 8 heteroatoms. The number of methoxy groups -OCH3 is 2. The molecule has 0 fully saturated rings. The van der Waals surface area contributed by atoms with Gasteiger partial charge >= 0.3 is 0 Å². The molecule has 2 aromatic carbocycles. The Hall–Kier alpha value is -2.87. The number of amides is 1. The SMILES string of the molecule is COc1ccc(CNC(=O)Cn2cnc3ccc(Br)cc3c2=O)cc1OC. The Morgan fingerprint density at radius 3 is 2.67 bits per heavy atom. The summed E-state index contributed by atoms with van der Waals surface area (Å²) < 4.78 is 12.5. The minimum absolute atomic E-state index is 0.110. The van der Waals surface area contributed by atoms with Crippen molar-refractivity contribution in [2.45, 2.75) is 13.1 Å². The molecule has 1 N–H and O–H groups in total. The van der Waals surface area contributed by atoms with E-state index in [1.54, 1.807) is 38.5 Å². The average Bonchev–Trinajstić information content (AvgIpc) is 2.68. The first-order valence-electron chi connectivity index (χ1n) is 8.14. The molecule has 1 amide bonds. The second-order valence-electron chi connectivity index (χ2n) is 5.81. The molecule has 1 heterocycles. The monoisotopic (exact) mass is 431 g/mol. The molecule has 140 valence electrons. The molecule has 3 rings (SSSR count). The molecule has 3 aromatic rings. The van der Waals surface area contributed by atoms with E-state index >= 15 is 0 Å². The van der Waals surface area contributed by atoms with Crippen molar-refractivity contribution >= 4 is 32.7 Å². The van der Waals surface area contributed by atoms with Crippen LogP contribution < -0.4 is 20.3 Å². The number of carbonyl (C=O) groups is 1. The molecule has 0 saturated heterocycles. The fraction of sp³-hybridized carbons (Fsp3) is 0.211. The third-order valence-electron chi connectivity index (χ3n) is 4.04. The number of carbonyl (C=O) groups excluding carboxylic acids is 1. The Kier molecular flexibility index (Phi) is 5.75. The predicted octanol–water partition coefficient (Wildman–Crippen LogP) is 2.49. The van der Waals surface area contributed by atoms with Crippen molar-refractivity contribution in [2.24, 2.45) is 0 Å². The number of nitrogens with one attached hydrogen (secondary N) is 1. The standard InChI is InChI=1S/C19H18BrN3O4/c1-26-16-6-3-12(7-17(16)27-2)9-21-18(24)10-23-11-22-15-5-4-13(20)8-14(15)19(23)25/h3-8,11H,9-10H2,1-2H3,(H,21,24). The average molecular weight is 432 g/mol. The molecule has 0 atom stereocenters. The van der Waals surface area contributed by atoms with Gasteiger partial charge in [0.05, 0.1) is 31.4 Å². The van der Waals surface area contributed by atoms with Crippen molar-refractivity contribution in [3.8, 4) is 11.5 Å². The Morgan fingerprint density at radius 2 is 1.93 bits per heavy atom. The molecule has 0 aliphatic heterocycles. The molecule has 0 saturated carbocycles. The van der Waals surface area contributed by atoms with Gasteiger partial charge in [-0.05, 0) is 35.9 Å². The van der Waals surface area contributed by atoms with Gasteiger partial charge in [-0.3, -0.25) is 14.2 Å². The number of nitrogens with zero attached hydrogens (tertiary/aromatic N) is 2. The van der Waals surface area contributed by atoms with E-state index in [2.05, 4.69) is 26.2 Å². The first-order chi connectivity index (χ1) is 13.0. The van der Waals surface area contributed by atoms with Crippen molar-refractivity contribution in [2.75, 3.05) is 14.2 Å². The highest BCUT2D eigenvalue weighted by Crippen LogP contribution is 2.27. The zero-order valence-electron chi connectivity index (χ0n) is 14.9. The summed E-state index contributed by atoms with van der Waals surface area (Å²) in [6.45, 7) is 0.197. The topological polar surface area (TPSA) is 82.5 Å². The lowest BCUT2D eigenvalue weighted by Gasteiger charge is -2.11. The molecule has 1 aromatic heterocycles. The lowest BCUT2D eigenvalue weighted by atomic mass is 10.2. The molecular weight excluding hydrogens is 414 g/mol. The van der Waals surface area contributed by atoms with Crippen LogP contribution in [0.25, 0.3) is 10.9 Å². The van der Waals surface area contributed by atoms with Crippen LogP contribution in [0.2, 0.25) is 0 Å². The number of fused-ring (bicyclic) bond motifs is 1. The van der Waals surface area contributed by atoms with E-state index in [4.69, 9.17) is 9.47 Å². The van der Waals surface area contributed by atoms with E-state index in [1.165, 1.54) is 10.9 Å². The first-order valence-corrected chi connectivity index (χ1v) is 8.93. The second-order valence-corrected chi connectivity index (χ2v) is 6.72. The van der Waals surface area contributed by atoms with Crippen molar-refractivity contribution in [3.05, 3.63) is 63.1 Å². The van der Waals surface area contributed by atoms with E-state index in [9.17, 15) is 9.59 Å². The number of hydrogen-bond donors (Lipinski definition) is 1. The van der Waals surface area contributed by atoms with Gasteiger partial charge in [0.15, 0.2) is 11.5 Å². The molecule has 0 aliphatic carbocycles. The van der Waals surface area contributed by atoms with Crippen LogP contribution in [-0.4, -0.2) is 29.7 Å². The fourth-order valence-electron chi connectivity index (χ4n) is 2.65. The Morgan fingerprint density at radius 1 is 1.15 bits per heavy atom. The van der Waals surface area contributed by atoms with E-state index in [0.717, 1.165) is 10.0 Å². The van der Waals surface area contributed by atoms with Crippen LogP contribution >= 0.6 is 15.9 Å². The van der Waals surface area contributed by atoms with Crippen LogP contribution in [0.4, 0.5) is 0 Å². The van der Waals surface area contributed by atoms with E-state index in [0.29, 0.717) is 28.9 Å². The highest BCUT2D eigenvalue weighted by molar-refractivity contribution is 9.10. The molecule has 27 heavy (non-hydrogen) atoms. The first kappa shape index (κ1) is 18.9. The molecule has 0 spiro atoms. The highest BCUT2D eigenvalue weighted by Gasteiger charge is 2.10. The number of hydrogen-bond acceptors (Lipinski definition) is 5. The summed E-state index contributed by atoms with van der Waals surface area (Å²) in [5, 5.41) is 3.25. The third-order valence-corrected chi connectivity index (χ3v) is 4.53.